The minimum Gasteiger partial charge on any atom is -0.0961 e. The Bertz CT molecular complexity index is 419. The molecule has 0 amide bonds. The second kappa shape index (κ2) is 9.47. The van der Waals surface area contributed by atoms with Gasteiger partial charge in [0.25, 0.3) is 0 Å². The average Bonchev–Trinajstić information content (AvgIpc) is 2.36. The summed E-state index contributed by atoms with van der Waals surface area (Å²) in [6.45, 7) is 14.1. The molecule has 1 aromatic rings. The first kappa shape index (κ1) is 16.4. The maximum Gasteiger partial charge on any atom is -0.0307 e. The lowest BCUT2D eigenvalue weighted by molar-refractivity contribution is 1.13. The van der Waals surface area contributed by atoms with Gasteiger partial charge in [0, 0.05) is 0 Å². The zero-order valence-corrected chi connectivity index (χ0v) is 12.5. The van der Waals surface area contributed by atoms with Crippen molar-refractivity contribution in [3.8, 4) is 0 Å². The van der Waals surface area contributed by atoms with Gasteiger partial charge >= 0.3 is 0 Å². The summed E-state index contributed by atoms with van der Waals surface area (Å²) in [5.74, 6) is 0. The van der Waals surface area contributed by atoms with Crippen LogP contribution in [0.5, 0.6) is 0 Å². The largest absolute Gasteiger partial charge is 0.0961 e. The molecule has 18 heavy (non-hydrogen) atoms. The van der Waals surface area contributed by atoms with Crippen LogP contribution in [-0.4, -0.2) is 0 Å². The molecule has 98 valence electrons. The highest BCUT2D eigenvalue weighted by Gasteiger charge is 1.85. The second-order valence-corrected chi connectivity index (χ2v) is 4.55. The number of hydrogen-bond donors (Lipinski definition) is 0. The third kappa shape index (κ3) is 8.58. The van der Waals surface area contributed by atoms with E-state index in [1.807, 2.05) is 19.9 Å². The summed E-state index contributed by atoms with van der Waals surface area (Å²) < 4.78 is 0. The summed E-state index contributed by atoms with van der Waals surface area (Å²) in [5, 5.41) is 0. The molecule has 0 nitrogen and oxygen atoms in total. The van der Waals surface area contributed by atoms with E-state index in [9.17, 15) is 0 Å². The van der Waals surface area contributed by atoms with E-state index < -0.39 is 0 Å². The van der Waals surface area contributed by atoms with Crippen LogP contribution in [0.4, 0.5) is 0 Å². The fraction of sp³-hybridized carbons (Fsp3) is 0.333. The molecule has 0 atom stereocenters. The van der Waals surface area contributed by atoms with Gasteiger partial charge in [0.05, 0.1) is 0 Å². The zero-order valence-electron chi connectivity index (χ0n) is 12.5. The summed E-state index contributed by atoms with van der Waals surface area (Å²) in [5.41, 5.74) is 5.15. The normalized spacial score (nSPS) is 11.1. The molecule has 0 fully saturated rings. The molecule has 0 bridgehead atoms. The number of rotatable bonds is 3. The van der Waals surface area contributed by atoms with Crippen molar-refractivity contribution in [1.29, 1.82) is 0 Å². The van der Waals surface area contributed by atoms with Crippen LogP contribution in [0.3, 0.4) is 0 Å². The van der Waals surface area contributed by atoms with Crippen LogP contribution in [-0.2, 0) is 6.42 Å². The third-order valence-corrected chi connectivity index (χ3v) is 2.58. The van der Waals surface area contributed by atoms with Crippen LogP contribution >= 0.6 is 0 Å². The molecule has 0 saturated heterocycles. The summed E-state index contributed by atoms with van der Waals surface area (Å²) in [4.78, 5) is 0. The molecule has 0 aliphatic rings. The summed E-state index contributed by atoms with van der Waals surface area (Å²) in [6.07, 6.45) is 7.28. The molecule has 0 aliphatic carbocycles. The topological polar surface area (TPSA) is 0 Å². The summed E-state index contributed by atoms with van der Waals surface area (Å²) in [6, 6.07) is 8.61. The molecule has 0 heterocycles. The lowest BCUT2D eigenvalue weighted by Crippen LogP contribution is -1.78. The number of benzene rings is 1. The molecule has 1 rings (SSSR count). The van der Waals surface area contributed by atoms with Crippen LogP contribution in [0.1, 0.15) is 38.8 Å². The molecule has 0 heteroatoms. The van der Waals surface area contributed by atoms with E-state index in [2.05, 4.69) is 63.8 Å². The van der Waals surface area contributed by atoms with Crippen molar-refractivity contribution in [2.45, 2.75) is 41.0 Å². The first-order valence-electron chi connectivity index (χ1n) is 6.51. The van der Waals surface area contributed by atoms with Crippen LogP contribution in [0.2, 0.25) is 0 Å². The maximum absolute atomic E-state index is 3.75. The zero-order chi connectivity index (χ0) is 14.0. The lowest BCUT2D eigenvalue weighted by Gasteiger charge is -1.95. The van der Waals surface area contributed by atoms with Gasteiger partial charge in [-0.2, -0.15) is 0 Å². The van der Waals surface area contributed by atoms with E-state index in [0.717, 1.165) is 12.0 Å². The Hall–Kier alpha value is -1.56. The fourth-order valence-corrected chi connectivity index (χ4v) is 1.30. The lowest BCUT2D eigenvalue weighted by atomic mass is 10.1. The first-order valence-corrected chi connectivity index (χ1v) is 6.51. The highest BCUT2D eigenvalue weighted by molar-refractivity contribution is 5.23. The molecule has 1 aromatic carbocycles. The monoisotopic (exact) mass is 242 g/mol. The van der Waals surface area contributed by atoms with E-state index in [0.29, 0.717) is 0 Å². The smallest absolute Gasteiger partial charge is 0.0307 e. The number of aryl methyl sites for hydroxylation is 2. The highest BCUT2D eigenvalue weighted by Crippen LogP contribution is 2.03. The Labute approximate surface area is 113 Å². The van der Waals surface area contributed by atoms with Crippen molar-refractivity contribution in [2.24, 2.45) is 0 Å². The summed E-state index contributed by atoms with van der Waals surface area (Å²) in [7, 11) is 0. The van der Waals surface area contributed by atoms with Crippen LogP contribution in [0, 0.1) is 6.92 Å². The van der Waals surface area contributed by atoms with Crippen molar-refractivity contribution in [1.82, 2.24) is 0 Å². The van der Waals surface area contributed by atoms with Gasteiger partial charge in [-0.1, -0.05) is 72.7 Å². The highest BCUT2D eigenvalue weighted by atomic mass is 13.9. The standard InChI is InChI=1S/C9H12.C9H14/c1-3-9-6-4-5-8(2)7-9;1-5-9(4)7-6-8(2)3/h4-7H,3H2,1-2H3;5-7H,2H2,1,3-4H3/b;7-6-,9-5-. The van der Waals surface area contributed by atoms with Crippen molar-refractivity contribution in [2.75, 3.05) is 0 Å². The van der Waals surface area contributed by atoms with E-state index in [1.54, 1.807) is 0 Å². The van der Waals surface area contributed by atoms with Gasteiger partial charge in [0.1, 0.15) is 0 Å². The van der Waals surface area contributed by atoms with Crippen LogP contribution < -0.4 is 0 Å². The Kier molecular flexibility index (Phi) is 8.65. The van der Waals surface area contributed by atoms with Crippen molar-refractivity contribution in [3.63, 3.8) is 0 Å². The van der Waals surface area contributed by atoms with Gasteiger partial charge in [0.15, 0.2) is 0 Å². The average molecular weight is 242 g/mol. The molecular formula is C18H26. The van der Waals surface area contributed by atoms with Crippen molar-refractivity contribution in [3.05, 3.63) is 71.3 Å². The predicted octanol–water partition coefficient (Wildman–Crippen LogP) is 5.64. The maximum atomic E-state index is 3.75. The third-order valence-electron chi connectivity index (χ3n) is 2.58. The molecule has 0 N–H and O–H groups in total. The van der Waals surface area contributed by atoms with E-state index in [-0.39, 0.29) is 0 Å². The van der Waals surface area contributed by atoms with Gasteiger partial charge in [0.2, 0.25) is 0 Å². The van der Waals surface area contributed by atoms with Crippen molar-refractivity contribution >= 4 is 0 Å². The fourth-order valence-electron chi connectivity index (χ4n) is 1.30. The van der Waals surface area contributed by atoms with Crippen LogP contribution in [0.15, 0.2) is 60.2 Å². The number of allylic oxidation sites excluding steroid dienone is 5. The molecule has 0 saturated carbocycles. The van der Waals surface area contributed by atoms with E-state index in [1.165, 1.54) is 16.7 Å². The van der Waals surface area contributed by atoms with Gasteiger partial charge in [-0.05, 0) is 39.7 Å². The number of hydrogen-bond acceptors (Lipinski definition) is 0. The molecule has 0 aromatic heterocycles. The Morgan fingerprint density at radius 2 is 1.89 bits per heavy atom. The summed E-state index contributed by atoms with van der Waals surface area (Å²) >= 11 is 0. The van der Waals surface area contributed by atoms with Gasteiger partial charge in [-0.25, -0.2) is 0 Å². The van der Waals surface area contributed by atoms with E-state index in [4.69, 9.17) is 0 Å². The minimum atomic E-state index is 1.09. The van der Waals surface area contributed by atoms with Gasteiger partial charge in [-0.3, -0.25) is 0 Å². The predicted molar refractivity (Wildman–Crippen MR) is 83.9 cm³/mol. The van der Waals surface area contributed by atoms with Crippen LogP contribution in [0.25, 0.3) is 0 Å². The van der Waals surface area contributed by atoms with Gasteiger partial charge in [-0.15, -0.1) is 0 Å². The first-order chi connectivity index (χ1) is 8.49. The molecular weight excluding hydrogens is 216 g/mol. The van der Waals surface area contributed by atoms with E-state index >= 15 is 0 Å². The molecule has 0 radical (unpaired) electrons. The quantitative estimate of drug-likeness (QED) is 0.601. The van der Waals surface area contributed by atoms with Crippen molar-refractivity contribution < 1.29 is 0 Å². The molecule has 0 spiro atoms. The SMILES string of the molecule is C=C(C)/C=C\C(C)=C/C.CCc1cccc(C)c1. The molecule has 0 aliphatic heterocycles. The second-order valence-electron chi connectivity index (χ2n) is 4.55. The Morgan fingerprint density at radius 3 is 2.28 bits per heavy atom. The molecule has 0 unspecified atom stereocenters. The Balaban J connectivity index is 0.000000321. The van der Waals surface area contributed by atoms with Gasteiger partial charge < -0.3 is 0 Å². The Morgan fingerprint density at radius 1 is 1.22 bits per heavy atom. The minimum absolute atomic E-state index is 1.09.